The average molecular weight is 532 g/mol. The maximum absolute atomic E-state index is 14.0. The summed E-state index contributed by atoms with van der Waals surface area (Å²) in [6.45, 7) is 8.20. The molecule has 0 radical (unpaired) electrons. The van der Waals surface area contributed by atoms with Gasteiger partial charge in [0.2, 0.25) is 0 Å². The molecule has 0 amide bonds. The Hall–Kier alpha value is -4.16. The number of rotatable bonds is 6. The summed E-state index contributed by atoms with van der Waals surface area (Å²) < 4.78 is 41.9. The molecule has 2 aromatic heterocycles. The van der Waals surface area contributed by atoms with E-state index in [1.807, 2.05) is 26.0 Å². The molecule has 3 aromatic carbocycles. The zero-order chi connectivity index (χ0) is 27.4. The van der Waals surface area contributed by atoms with Crippen LogP contribution in [0.15, 0.2) is 59.4 Å². The summed E-state index contributed by atoms with van der Waals surface area (Å²) in [7, 11) is -5.18. The molecular formula is C29H26FN3O4S. The number of H-pyrrole nitrogens is 1. The highest BCUT2D eigenvalue weighted by Gasteiger charge is 2.21. The fraction of sp³-hybridized carbons (Fsp3) is 0.241. The molecule has 5 aromatic rings. The van der Waals surface area contributed by atoms with Crippen LogP contribution in [0.2, 0.25) is 0 Å². The lowest BCUT2D eigenvalue weighted by Gasteiger charge is -2.20. The highest BCUT2D eigenvalue weighted by atomic mass is 32.3. The first kappa shape index (κ1) is 25.5. The lowest BCUT2D eigenvalue weighted by Crippen LogP contribution is -2.14. The first-order chi connectivity index (χ1) is 18.0. The van der Waals surface area contributed by atoms with Gasteiger partial charge < -0.3 is 13.7 Å². The number of pyridine rings is 1. The van der Waals surface area contributed by atoms with Crippen LogP contribution in [0.3, 0.4) is 0 Å². The molecule has 0 aliphatic heterocycles. The first-order valence-corrected chi connectivity index (χ1v) is 13.6. The van der Waals surface area contributed by atoms with Crippen LogP contribution in [0.4, 0.5) is 3.89 Å². The van der Waals surface area contributed by atoms with E-state index in [1.54, 1.807) is 30.3 Å². The predicted octanol–water partition coefficient (Wildman–Crippen LogP) is 6.55. The van der Waals surface area contributed by atoms with Crippen LogP contribution in [0.25, 0.3) is 44.0 Å². The zero-order valence-electron chi connectivity index (χ0n) is 21.4. The summed E-state index contributed by atoms with van der Waals surface area (Å²) in [6.07, 6.45) is 0.663. The van der Waals surface area contributed by atoms with E-state index < -0.39 is 10.5 Å². The smallest absolute Gasteiger partial charge is 0.358 e. The quantitative estimate of drug-likeness (QED) is 0.250. The Balaban J connectivity index is 1.88. The lowest BCUT2D eigenvalue weighted by atomic mass is 9.91. The van der Waals surface area contributed by atoms with Gasteiger partial charge in [0.05, 0.1) is 22.5 Å². The minimum Gasteiger partial charge on any atom is -0.358 e. The number of nitrogens with one attached hydrogen (secondary N) is 1. The van der Waals surface area contributed by atoms with Crippen molar-refractivity contribution in [1.82, 2.24) is 9.55 Å². The van der Waals surface area contributed by atoms with Crippen molar-refractivity contribution in [3.8, 4) is 22.9 Å². The molecule has 0 aliphatic carbocycles. The molecule has 0 spiro atoms. The molecule has 1 N–H and O–H groups in total. The number of nitriles is 1. The maximum Gasteiger partial charge on any atom is 0.488 e. The molecule has 0 unspecified atom stereocenters. The SMILES string of the molecule is CC(C)Cc1cc2c(=O)c3c4ccc(C#N)cc4[nH]c3n(C(C)C)c2cc1-c1cccc(OS(=O)(=O)F)c1. The fourth-order valence-electron chi connectivity index (χ4n) is 5.18. The Morgan fingerprint density at radius 1 is 1.05 bits per heavy atom. The molecule has 9 heteroatoms. The van der Waals surface area contributed by atoms with Crippen molar-refractivity contribution >= 4 is 43.3 Å². The van der Waals surface area contributed by atoms with E-state index in [9.17, 15) is 22.4 Å². The Kier molecular flexibility index (Phi) is 6.24. The van der Waals surface area contributed by atoms with Crippen molar-refractivity contribution < 1.29 is 16.5 Å². The van der Waals surface area contributed by atoms with Gasteiger partial charge in [0.15, 0.2) is 5.43 Å². The second-order valence-electron chi connectivity index (χ2n) is 10.1. The van der Waals surface area contributed by atoms with Gasteiger partial charge in [0.25, 0.3) is 0 Å². The van der Waals surface area contributed by atoms with E-state index in [-0.39, 0.29) is 23.1 Å². The van der Waals surface area contributed by atoms with Gasteiger partial charge in [-0.2, -0.15) is 13.7 Å². The summed E-state index contributed by atoms with van der Waals surface area (Å²) in [4.78, 5) is 17.3. The maximum atomic E-state index is 14.0. The van der Waals surface area contributed by atoms with Crippen molar-refractivity contribution in [3.63, 3.8) is 0 Å². The number of benzene rings is 3. The molecule has 0 atom stereocenters. The number of hydrogen-bond donors (Lipinski definition) is 1. The van der Waals surface area contributed by atoms with E-state index in [2.05, 4.69) is 33.7 Å². The van der Waals surface area contributed by atoms with Gasteiger partial charge in [-0.25, -0.2) is 0 Å². The van der Waals surface area contributed by atoms with Crippen molar-refractivity contribution in [2.45, 2.75) is 40.2 Å². The second-order valence-corrected chi connectivity index (χ2v) is 11.1. The second kappa shape index (κ2) is 9.30. The van der Waals surface area contributed by atoms with E-state index in [1.165, 1.54) is 12.1 Å². The zero-order valence-corrected chi connectivity index (χ0v) is 22.2. The van der Waals surface area contributed by atoms with Crippen LogP contribution < -0.4 is 9.61 Å². The third-order valence-corrected chi connectivity index (χ3v) is 6.98. The van der Waals surface area contributed by atoms with Gasteiger partial charge in [0, 0.05) is 22.3 Å². The summed E-state index contributed by atoms with van der Waals surface area (Å²) in [6, 6.07) is 17.5. The summed E-state index contributed by atoms with van der Waals surface area (Å²) in [5.74, 6) is 0.131. The monoisotopic (exact) mass is 531 g/mol. The molecule has 7 nitrogen and oxygen atoms in total. The van der Waals surface area contributed by atoms with Crippen molar-refractivity contribution in [2.75, 3.05) is 0 Å². The molecule has 0 aliphatic rings. The summed E-state index contributed by atoms with van der Waals surface area (Å²) >= 11 is 0. The van der Waals surface area contributed by atoms with Crippen LogP contribution in [0.1, 0.15) is 44.9 Å². The predicted molar refractivity (Wildman–Crippen MR) is 147 cm³/mol. The minimum absolute atomic E-state index is 0.0285. The third-order valence-electron chi connectivity index (χ3n) is 6.59. The number of nitrogens with zero attached hydrogens (tertiary/aromatic N) is 2. The molecule has 0 fully saturated rings. The van der Waals surface area contributed by atoms with Gasteiger partial charge >= 0.3 is 10.5 Å². The summed E-state index contributed by atoms with van der Waals surface area (Å²) in [5, 5.41) is 11.2. The highest BCUT2D eigenvalue weighted by Crippen LogP contribution is 2.35. The van der Waals surface area contributed by atoms with Gasteiger partial charge in [-0.05, 0) is 79.3 Å². The Bertz CT molecular complexity index is 1950. The average Bonchev–Trinajstić information content (AvgIpc) is 3.21. The normalized spacial score (nSPS) is 12.2. The standard InChI is InChI=1S/C29H26FN3O4S/c1-16(2)10-20-13-24-26(14-23(20)19-6-5-7-21(12-19)37-38(30,35)36)33(17(3)4)29-27(28(24)34)22-9-8-18(15-31)11-25(22)32-29/h5-9,11-14,16-17,32H,10H2,1-4H3. The van der Waals surface area contributed by atoms with Gasteiger partial charge in [-0.1, -0.05) is 35.9 Å². The van der Waals surface area contributed by atoms with Crippen molar-refractivity contribution in [3.05, 3.63) is 75.9 Å². The Morgan fingerprint density at radius 3 is 2.47 bits per heavy atom. The lowest BCUT2D eigenvalue weighted by molar-refractivity contribution is 0.440. The molecule has 0 saturated heterocycles. The van der Waals surface area contributed by atoms with Crippen molar-refractivity contribution in [1.29, 1.82) is 5.26 Å². The number of halogens is 1. The molecule has 38 heavy (non-hydrogen) atoms. The molecule has 194 valence electrons. The third kappa shape index (κ3) is 4.52. The Labute approximate surface area is 219 Å². The van der Waals surface area contributed by atoms with Crippen LogP contribution in [-0.2, 0) is 16.9 Å². The fourth-order valence-corrected chi connectivity index (χ4v) is 5.51. The topological polar surface area (TPSA) is 105 Å². The Morgan fingerprint density at radius 2 is 1.82 bits per heavy atom. The molecule has 5 rings (SSSR count). The molecule has 0 bridgehead atoms. The van der Waals surface area contributed by atoms with E-state index in [4.69, 9.17) is 0 Å². The number of hydrogen-bond acceptors (Lipinski definition) is 5. The largest absolute Gasteiger partial charge is 0.488 e. The van der Waals surface area contributed by atoms with E-state index in [0.29, 0.717) is 45.0 Å². The van der Waals surface area contributed by atoms with Gasteiger partial charge in [-0.3, -0.25) is 4.79 Å². The first-order valence-electron chi connectivity index (χ1n) is 12.3. The minimum atomic E-state index is -5.18. The number of fused-ring (bicyclic) bond motifs is 4. The molecule has 0 saturated carbocycles. The number of aromatic amines is 1. The molecule has 2 heterocycles. The number of aromatic nitrogens is 2. The van der Waals surface area contributed by atoms with Crippen LogP contribution >= 0.6 is 0 Å². The van der Waals surface area contributed by atoms with E-state index >= 15 is 0 Å². The molecular weight excluding hydrogens is 505 g/mol. The summed E-state index contributed by atoms with van der Waals surface area (Å²) in [5.41, 5.74) is 4.80. The highest BCUT2D eigenvalue weighted by molar-refractivity contribution is 7.81. The van der Waals surface area contributed by atoms with Crippen LogP contribution in [0.5, 0.6) is 5.75 Å². The van der Waals surface area contributed by atoms with Crippen LogP contribution in [0, 0.1) is 17.2 Å². The van der Waals surface area contributed by atoms with Gasteiger partial charge in [-0.15, -0.1) is 0 Å². The van der Waals surface area contributed by atoms with Crippen molar-refractivity contribution in [2.24, 2.45) is 5.92 Å². The van der Waals surface area contributed by atoms with E-state index in [0.717, 1.165) is 16.5 Å². The van der Waals surface area contributed by atoms with Gasteiger partial charge in [0.1, 0.15) is 11.4 Å². The van der Waals surface area contributed by atoms with Crippen LogP contribution in [-0.4, -0.2) is 18.0 Å².